The highest BCUT2D eigenvalue weighted by atomic mass is 35.5. The third kappa shape index (κ3) is 4.90. The molecule has 0 saturated carbocycles. The van der Waals surface area contributed by atoms with E-state index < -0.39 is 23.9 Å². The molecule has 8 heteroatoms. The van der Waals surface area contributed by atoms with Gasteiger partial charge in [0.2, 0.25) is 11.1 Å². The van der Waals surface area contributed by atoms with Gasteiger partial charge in [0.05, 0.1) is 5.69 Å². The van der Waals surface area contributed by atoms with Crippen LogP contribution in [0, 0.1) is 6.92 Å². The molecule has 0 atom stereocenters. The molecule has 0 aliphatic rings. The molecule has 1 aromatic carbocycles. The number of benzene rings is 1. The number of aryl methyl sites for hydroxylation is 1. The summed E-state index contributed by atoms with van der Waals surface area (Å²) >= 11 is 5.86. The maximum absolute atomic E-state index is 12.1. The van der Waals surface area contributed by atoms with Gasteiger partial charge in [-0.05, 0) is 37.6 Å². The van der Waals surface area contributed by atoms with Gasteiger partial charge >= 0.3 is 5.97 Å². The average molecular weight is 364 g/mol. The lowest BCUT2D eigenvalue weighted by molar-refractivity contribution is -0.124. The molecule has 1 N–H and O–H groups in total. The van der Waals surface area contributed by atoms with E-state index in [1.807, 2.05) is 6.92 Å². The summed E-state index contributed by atoms with van der Waals surface area (Å²) in [4.78, 5) is 35.6. The van der Waals surface area contributed by atoms with E-state index in [1.54, 1.807) is 31.2 Å². The quantitative estimate of drug-likeness (QED) is 0.791. The SMILES string of the molecule is CCCNC(=O)COC(=O)c1nn(-c2ccc(Cl)cc2)c(C)cc1=O. The molecule has 0 unspecified atom stereocenters. The Labute approximate surface area is 149 Å². The monoisotopic (exact) mass is 363 g/mol. The predicted octanol–water partition coefficient (Wildman–Crippen LogP) is 1.88. The Balaban J connectivity index is 2.22. The van der Waals surface area contributed by atoms with Crippen LogP contribution in [0.5, 0.6) is 0 Å². The molecule has 0 aliphatic heterocycles. The minimum Gasteiger partial charge on any atom is -0.451 e. The van der Waals surface area contributed by atoms with Gasteiger partial charge in [0, 0.05) is 23.3 Å². The number of carbonyl (C=O) groups excluding carboxylic acids is 2. The van der Waals surface area contributed by atoms with Crippen molar-refractivity contribution in [2.45, 2.75) is 20.3 Å². The molecule has 0 bridgehead atoms. The second kappa shape index (κ2) is 8.43. The topological polar surface area (TPSA) is 90.3 Å². The Morgan fingerprint density at radius 2 is 1.96 bits per heavy atom. The zero-order valence-corrected chi connectivity index (χ0v) is 14.7. The summed E-state index contributed by atoms with van der Waals surface area (Å²) in [6.07, 6.45) is 0.769. The number of hydrogen-bond donors (Lipinski definition) is 1. The summed E-state index contributed by atoms with van der Waals surface area (Å²) in [6.45, 7) is 3.62. The second-order valence-electron chi connectivity index (χ2n) is 5.31. The highest BCUT2D eigenvalue weighted by Crippen LogP contribution is 2.13. The van der Waals surface area contributed by atoms with Crippen LogP contribution in [-0.2, 0) is 9.53 Å². The molecule has 25 heavy (non-hydrogen) atoms. The number of nitrogens with one attached hydrogen (secondary N) is 1. The molecule has 1 aromatic heterocycles. The van der Waals surface area contributed by atoms with E-state index >= 15 is 0 Å². The van der Waals surface area contributed by atoms with Crippen molar-refractivity contribution in [3.05, 3.63) is 57.0 Å². The normalized spacial score (nSPS) is 10.4. The standard InChI is InChI=1S/C17H18ClN3O4/c1-3-8-19-15(23)10-25-17(24)16-14(22)9-11(2)21(20-16)13-6-4-12(18)5-7-13/h4-7,9H,3,8,10H2,1-2H3,(H,19,23). The number of nitrogens with zero attached hydrogens (tertiary/aromatic N) is 2. The lowest BCUT2D eigenvalue weighted by Crippen LogP contribution is -2.31. The summed E-state index contributed by atoms with van der Waals surface area (Å²) < 4.78 is 6.31. The minimum absolute atomic E-state index is 0.385. The Morgan fingerprint density at radius 1 is 1.28 bits per heavy atom. The predicted molar refractivity (Wildman–Crippen MR) is 93.2 cm³/mol. The van der Waals surface area contributed by atoms with Crippen LogP contribution < -0.4 is 10.7 Å². The van der Waals surface area contributed by atoms with Crippen molar-refractivity contribution in [2.75, 3.05) is 13.2 Å². The van der Waals surface area contributed by atoms with Gasteiger partial charge in [0.25, 0.3) is 5.91 Å². The van der Waals surface area contributed by atoms with Gasteiger partial charge in [-0.1, -0.05) is 18.5 Å². The van der Waals surface area contributed by atoms with E-state index in [0.29, 0.717) is 22.9 Å². The van der Waals surface area contributed by atoms with Gasteiger partial charge in [0.15, 0.2) is 6.61 Å². The lowest BCUT2D eigenvalue weighted by atomic mass is 10.3. The first-order valence-corrected chi connectivity index (χ1v) is 8.11. The van der Waals surface area contributed by atoms with E-state index in [9.17, 15) is 14.4 Å². The first kappa shape index (κ1) is 18.7. The number of carbonyl (C=O) groups is 2. The fourth-order valence-electron chi connectivity index (χ4n) is 2.05. The molecule has 0 radical (unpaired) electrons. The number of ether oxygens (including phenoxy) is 1. The average Bonchev–Trinajstić information content (AvgIpc) is 2.59. The Hall–Kier alpha value is -2.67. The highest BCUT2D eigenvalue weighted by molar-refractivity contribution is 6.30. The zero-order chi connectivity index (χ0) is 18.4. The smallest absolute Gasteiger partial charge is 0.363 e. The molecule has 0 aliphatic carbocycles. The van der Waals surface area contributed by atoms with Crippen LogP contribution in [0.1, 0.15) is 29.5 Å². The number of rotatable bonds is 6. The van der Waals surface area contributed by atoms with Crippen molar-refractivity contribution in [3.63, 3.8) is 0 Å². The van der Waals surface area contributed by atoms with Crippen LogP contribution in [0.15, 0.2) is 35.1 Å². The summed E-state index contributed by atoms with van der Waals surface area (Å²) in [5.74, 6) is -1.38. The first-order valence-electron chi connectivity index (χ1n) is 7.73. The molecule has 0 spiro atoms. The van der Waals surface area contributed by atoms with E-state index in [4.69, 9.17) is 16.3 Å². The summed E-state index contributed by atoms with van der Waals surface area (Å²) in [6, 6.07) is 8.05. The fourth-order valence-corrected chi connectivity index (χ4v) is 2.17. The van der Waals surface area contributed by atoms with Crippen molar-refractivity contribution in [1.29, 1.82) is 0 Å². The molecule has 0 fully saturated rings. The van der Waals surface area contributed by atoms with Crippen LogP contribution in [-0.4, -0.2) is 34.8 Å². The molecule has 2 aromatic rings. The molecule has 0 saturated heterocycles. The maximum Gasteiger partial charge on any atom is 0.363 e. The van der Waals surface area contributed by atoms with E-state index in [0.717, 1.165) is 6.42 Å². The second-order valence-corrected chi connectivity index (χ2v) is 5.75. The van der Waals surface area contributed by atoms with E-state index in [1.165, 1.54) is 10.7 Å². The van der Waals surface area contributed by atoms with Crippen LogP contribution in [0.4, 0.5) is 0 Å². The van der Waals surface area contributed by atoms with E-state index in [-0.39, 0.29) is 5.69 Å². The maximum atomic E-state index is 12.1. The Bertz CT molecular complexity index is 831. The molecular formula is C17H18ClN3O4. The van der Waals surface area contributed by atoms with Gasteiger partial charge in [-0.15, -0.1) is 0 Å². The Kier molecular flexibility index (Phi) is 6.30. The van der Waals surface area contributed by atoms with Crippen molar-refractivity contribution in [1.82, 2.24) is 15.1 Å². The molecule has 7 nitrogen and oxygen atoms in total. The van der Waals surface area contributed by atoms with E-state index in [2.05, 4.69) is 10.4 Å². The van der Waals surface area contributed by atoms with Crippen LogP contribution in [0.25, 0.3) is 5.69 Å². The highest BCUT2D eigenvalue weighted by Gasteiger charge is 2.18. The third-order valence-corrected chi connectivity index (χ3v) is 3.53. The van der Waals surface area contributed by atoms with Crippen LogP contribution in [0.2, 0.25) is 5.02 Å². The summed E-state index contributed by atoms with van der Waals surface area (Å²) in [5.41, 5.74) is 0.228. The van der Waals surface area contributed by atoms with Gasteiger partial charge < -0.3 is 10.1 Å². The Morgan fingerprint density at radius 3 is 2.60 bits per heavy atom. The van der Waals surface area contributed by atoms with Crippen LogP contribution >= 0.6 is 11.6 Å². The van der Waals surface area contributed by atoms with Gasteiger partial charge in [-0.2, -0.15) is 5.10 Å². The van der Waals surface area contributed by atoms with Crippen molar-refractivity contribution in [2.24, 2.45) is 0 Å². The van der Waals surface area contributed by atoms with Gasteiger partial charge in [-0.3, -0.25) is 9.59 Å². The number of esters is 1. The molecule has 1 amide bonds. The van der Waals surface area contributed by atoms with Crippen molar-refractivity contribution in [3.8, 4) is 5.69 Å². The van der Waals surface area contributed by atoms with Crippen molar-refractivity contribution >= 4 is 23.5 Å². The zero-order valence-electron chi connectivity index (χ0n) is 13.9. The molecular weight excluding hydrogens is 346 g/mol. The lowest BCUT2D eigenvalue weighted by Gasteiger charge is -2.11. The minimum atomic E-state index is -0.945. The molecule has 1 heterocycles. The van der Waals surface area contributed by atoms with Crippen molar-refractivity contribution < 1.29 is 14.3 Å². The number of hydrogen-bond acceptors (Lipinski definition) is 5. The number of amides is 1. The third-order valence-electron chi connectivity index (χ3n) is 3.28. The van der Waals surface area contributed by atoms with Crippen LogP contribution in [0.3, 0.4) is 0 Å². The van der Waals surface area contributed by atoms with Gasteiger partial charge in [0.1, 0.15) is 0 Å². The largest absolute Gasteiger partial charge is 0.451 e. The summed E-state index contributed by atoms with van der Waals surface area (Å²) in [7, 11) is 0. The molecule has 2 rings (SSSR count). The van der Waals surface area contributed by atoms with Gasteiger partial charge in [-0.25, -0.2) is 9.48 Å². The molecule has 132 valence electrons. The number of halogens is 1. The number of aromatic nitrogens is 2. The summed E-state index contributed by atoms with van der Waals surface area (Å²) in [5, 5.41) is 7.20. The first-order chi connectivity index (χ1) is 11.9. The fraction of sp³-hybridized carbons (Fsp3) is 0.294.